The van der Waals surface area contributed by atoms with Crippen molar-refractivity contribution in [2.75, 3.05) is 51.4 Å². The molecule has 13 heteroatoms. The topological polar surface area (TPSA) is 108 Å². The first-order valence-electron chi connectivity index (χ1n) is 12.9. The molecule has 1 fully saturated rings. The number of rotatable bonds is 4. The van der Waals surface area contributed by atoms with E-state index < -0.39 is 11.7 Å². The van der Waals surface area contributed by atoms with Crippen LogP contribution in [-0.4, -0.2) is 79.1 Å². The predicted octanol–water partition coefficient (Wildman–Crippen LogP) is 3.35. The highest BCUT2D eigenvalue weighted by atomic mass is 19.4. The van der Waals surface area contributed by atoms with Gasteiger partial charge in [-0.15, -0.1) is 0 Å². The molecule has 39 heavy (non-hydrogen) atoms. The van der Waals surface area contributed by atoms with Crippen molar-refractivity contribution >= 4 is 17.6 Å². The number of fused-ring (bicyclic) bond motifs is 1. The Bertz CT molecular complexity index is 1280. The van der Waals surface area contributed by atoms with Gasteiger partial charge in [-0.1, -0.05) is 0 Å². The third kappa shape index (κ3) is 5.54. The molecule has 1 aromatic heterocycles. The van der Waals surface area contributed by atoms with Crippen molar-refractivity contribution in [3.63, 3.8) is 0 Å². The van der Waals surface area contributed by atoms with Gasteiger partial charge in [0.2, 0.25) is 0 Å². The molecule has 0 unspecified atom stereocenters. The molecule has 0 atom stereocenters. The van der Waals surface area contributed by atoms with Gasteiger partial charge in [-0.3, -0.25) is 10.1 Å². The van der Waals surface area contributed by atoms with Crippen molar-refractivity contribution in [3.8, 4) is 16.9 Å². The first kappa shape index (κ1) is 26.9. The van der Waals surface area contributed by atoms with E-state index in [-0.39, 0.29) is 54.6 Å². The van der Waals surface area contributed by atoms with E-state index in [0.717, 1.165) is 24.6 Å². The van der Waals surface area contributed by atoms with E-state index in [4.69, 9.17) is 9.47 Å². The molecule has 5 rings (SSSR count). The van der Waals surface area contributed by atoms with Crippen LogP contribution in [0.5, 0.6) is 5.75 Å². The molecule has 0 aliphatic carbocycles. The van der Waals surface area contributed by atoms with Gasteiger partial charge < -0.3 is 29.9 Å². The lowest BCUT2D eigenvalue weighted by Crippen LogP contribution is -2.49. The summed E-state index contributed by atoms with van der Waals surface area (Å²) in [5, 5.41) is 19.4. The highest BCUT2D eigenvalue weighted by Crippen LogP contribution is 2.45. The third-order valence-corrected chi connectivity index (χ3v) is 7.29. The maximum atomic E-state index is 14.3. The minimum absolute atomic E-state index is 0.0349. The lowest BCUT2D eigenvalue weighted by molar-refractivity contribution is -0.137. The Morgan fingerprint density at radius 3 is 2.62 bits per heavy atom. The summed E-state index contributed by atoms with van der Waals surface area (Å²) in [6, 6.07) is 2.32. The first-order valence-corrected chi connectivity index (χ1v) is 12.9. The fraction of sp³-hybridized carbons (Fsp3) is 0.500. The molecule has 10 nitrogen and oxygen atoms in total. The Labute approximate surface area is 224 Å². The smallest absolute Gasteiger partial charge is 0.417 e. The number of nitrogens with one attached hydrogen (secondary N) is 3. The number of alkyl halides is 3. The molecular formula is C26H32F3N7O3. The summed E-state index contributed by atoms with van der Waals surface area (Å²) in [6.45, 7) is 2.30. The molecule has 0 radical (unpaired) electrons. The van der Waals surface area contributed by atoms with Gasteiger partial charge in [-0.2, -0.15) is 18.3 Å². The molecule has 0 bridgehead atoms. The highest BCUT2D eigenvalue weighted by Gasteiger charge is 2.38. The van der Waals surface area contributed by atoms with E-state index in [1.54, 1.807) is 23.9 Å². The molecule has 4 heterocycles. The zero-order valence-corrected chi connectivity index (χ0v) is 21.9. The molecule has 2 amide bonds. The summed E-state index contributed by atoms with van der Waals surface area (Å²) in [6.07, 6.45) is 0.405. The van der Waals surface area contributed by atoms with E-state index in [9.17, 15) is 23.4 Å². The zero-order chi connectivity index (χ0) is 27.7. The number of hydrogen-bond acceptors (Lipinski definition) is 6. The van der Waals surface area contributed by atoms with Gasteiger partial charge in [0, 0.05) is 74.9 Å². The number of anilines is 1. The molecule has 0 spiro atoms. The maximum Gasteiger partial charge on any atom is 0.417 e. The van der Waals surface area contributed by atoms with E-state index in [2.05, 4.69) is 15.7 Å². The van der Waals surface area contributed by atoms with Gasteiger partial charge >= 0.3 is 12.2 Å². The Kier molecular flexibility index (Phi) is 7.43. The van der Waals surface area contributed by atoms with Crippen molar-refractivity contribution in [2.45, 2.75) is 31.5 Å². The molecule has 1 saturated heterocycles. The summed E-state index contributed by atoms with van der Waals surface area (Å²) in [4.78, 5) is 15.6. The number of aryl methyl sites for hydroxylation is 1. The lowest BCUT2D eigenvalue weighted by atomic mass is 9.98. The molecular weight excluding hydrogens is 515 g/mol. The van der Waals surface area contributed by atoms with Crippen LogP contribution >= 0.6 is 0 Å². The van der Waals surface area contributed by atoms with Crippen molar-refractivity contribution in [2.24, 2.45) is 7.05 Å². The number of carbonyl (C=O) groups excluding carboxylic acids is 1. The Balaban J connectivity index is 1.54. The van der Waals surface area contributed by atoms with Crippen LogP contribution in [0.4, 0.5) is 23.7 Å². The van der Waals surface area contributed by atoms with E-state index >= 15 is 0 Å². The second-order valence-electron chi connectivity index (χ2n) is 9.83. The Morgan fingerprint density at radius 1 is 1.18 bits per heavy atom. The van der Waals surface area contributed by atoms with E-state index in [1.165, 1.54) is 23.1 Å². The number of ether oxygens (including phenoxy) is 2. The lowest BCUT2D eigenvalue weighted by Gasteiger charge is -2.38. The van der Waals surface area contributed by atoms with Crippen LogP contribution in [0.25, 0.3) is 11.1 Å². The predicted molar refractivity (Wildman–Crippen MR) is 139 cm³/mol. The molecule has 3 aliphatic heterocycles. The van der Waals surface area contributed by atoms with Gasteiger partial charge in [0.05, 0.1) is 30.5 Å². The largest absolute Gasteiger partial charge is 0.490 e. The average molecular weight is 548 g/mol. The summed E-state index contributed by atoms with van der Waals surface area (Å²) in [7, 11) is 3.18. The molecule has 0 saturated carbocycles. The van der Waals surface area contributed by atoms with Gasteiger partial charge in [0.1, 0.15) is 18.2 Å². The second kappa shape index (κ2) is 10.8. The third-order valence-electron chi connectivity index (χ3n) is 7.29. The number of nitrogens with zero attached hydrogens (tertiary/aromatic N) is 4. The number of urea groups is 1. The molecule has 210 valence electrons. The minimum Gasteiger partial charge on any atom is -0.490 e. The fourth-order valence-corrected chi connectivity index (χ4v) is 5.25. The van der Waals surface area contributed by atoms with E-state index in [0.29, 0.717) is 37.3 Å². The summed E-state index contributed by atoms with van der Waals surface area (Å²) in [5.41, 5.74) is 1.04. The van der Waals surface area contributed by atoms with Crippen molar-refractivity contribution < 1.29 is 27.4 Å². The molecule has 1 aromatic carbocycles. The van der Waals surface area contributed by atoms with Crippen molar-refractivity contribution in [3.05, 3.63) is 41.4 Å². The number of carbonyl (C=O) groups is 1. The standard InChI is InChI=1S/C26H32F3N7O3/c1-31-25(37)35-6-3-21(33-17-4-8-38-9-5-17)19(15-35)24(30)36-7-10-39-23-11-18(16-13-32-34(2)14-16)20(12-22(23)36)26(27,28)29/h11-14,17,30,33H,3-10,15H2,1-2H3,(H,31,37). The van der Waals surface area contributed by atoms with E-state index in [1.807, 2.05) is 0 Å². The molecule has 2 aromatic rings. The summed E-state index contributed by atoms with van der Waals surface area (Å²) < 4.78 is 55.5. The normalized spacial score (nSPS) is 18.5. The molecule has 3 N–H and O–H groups in total. The zero-order valence-electron chi connectivity index (χ0n) is 21.9. The van der Waals surface area contributed by atoms with Crippen molar-refractivity contribution in [1.82, 2.24) is 25.3 Å². The first-order chi connectivity index (χ1) is 18.7. The number of halogens is 3. The maximum absolute atomic E-state index is 14.3. The van der Waals surface area contributed by atoms with Crippen LogP contribution in [-0.2, 0) is 18.0 Å². The number of aromatic nitrogens is 2. The minimum atomic E-state index is -4.64. The second-order valence-corrected chi connectivity index (χ2v) is 9.83. The summed E-state index contributed by atoms with van der Waals surface area (Å²) in [5.74, 6) is 0.307. The van der Waals surface area contributed by atoms with Gasteiger partial charge in [0.15, 0.2) is 0 Å². The Morgan fingerprint density at radius 2 is 1.95 bits per heavy atom. The highest BCUT2D eigenvalue weighted by molar-refractivity contribution is 6.10. The van der Waals surface area contributed by atoms with Crippen LogP contribution < -0.4 is 20.3 Å². The summed E-state index contributed by atoms with van der Waals surface area (Å²) >= 11 is 0. The van der Waals surface area contributed by atoms with Crippen LogP contribution in [0.3, 0.4) is 0 Å². The fourth-order valence-electron chi connectivity index (χ4n) is 5.25. The van der Waals surface area contributed by atoms with Crippen LogP contribution in [0.15, 0.2) is 35.8 Å². The number of hydrogen-bond donors (Lipinski definition) is 3. The number of benzene rings is 1. The van der Waals surface area contributed by atoms with Gasteiger partial charge in [-0.05, 0) is 25.0 Å². The van der Waals surface area contributed by atoms with Crippen LogP contribution in [0.1, 0.15) is 24.8 Å². The molecule has 3 aliphatic rings. The Hall–Kier alpha value is -3.74. The number of amidine groups is 1. The van der Waals surface area contributed by atoms with Gasteiger partial charge in [0.25, 0.3) is 0 Å². The van der Waals surface area contributed by atoms with Crippen molar-refractivity contribution in [1.29, 1.82) is 5.41 Å². The van der Waals surface area contributed by atoms with Gasteiger partial charge in [-0.25, -0.2) is 4.79 Å². The quantitative estimate of drug-likeness (QED) is 0.401. The number of amides is 2. The SMILES string of the molecule is CNC(=O)N1CCC(NC2CCOCC2)=C(C(=N)N2CCOc3cc(-c4cnn(C)c4)c(C(F)(F)F)cc32)C1. The van der Waals surface area contributed by atoms with Crippen LogP contribution in [0, 0.1) is 5.41 Å². The average Bonchev–Trinajstić information content (AvgIpc) is 3.37. The van der Waals surface area contributed by atoms with Crippen LogP contribution in [0.2, 0.25) is 0 Å². The monoisotopic (exact) mass is 547 g/mol.